The third kappa shape index (κ3) is 3.42. The van der Waals surface area contributed by atoms with E-state index in [9.17, 15) is 0 Å². The first-order valence-corrected chi connectivity index (χ1v) is 6.60. The van der Waals surface area contributed by atoms with E-state index in [0.717, 1.165) is 10.7 Å². The molecule has 1 N–H and O–H groups in total. The molecule has 0 atom stereocenters. The van der Waals surface area contributed by atoms with E-state index in [-0.39, 0.29) is 0 Å². The van der Waals surface area contributed by atoms with Crippen LogP contribution >= 0.6 is 23.5 Å². The second-order valence-electron chi connectivity index (χ2n) is 4.00. The van der Waals surface area contributed by atoms with Crippen LogP contribution in [0.3, 0.4) is 0 Å². The molecule has 88 valence electrons. The van der Waals surface area contributed by atoms with E-state index < -0.39 is 0 Å². The number of hydrogen-bond acceptors (Lipinski definition) is 2. The van der Waals surface area contributed by atoms with Crippen molar-refractivity contribution < 1.29 is 0 Å². The fourth-order valence-electron chi connectivity index (χ4n) is 1.42. The molecule has 0 aliphatic rings. The summed E-state index contributed by atoms with van der Waals surface area (Å²) in [6.07, 6.45) is 0. The molecule has 0 aromatic heterocycles. The van der Waals surface area contributed by atoms with Gasteiger partial charge in [0.1, 0.15) is 0 Å². The van der Waals surface area contributed by atoms with Crippen LogP contribution in [0.25, 0.3) is 0 Å². The number of benzene rings is 2. The third-order valence-electron chi connectivity index (χ3n) is 2.42. The van der Waals surface area contributed by atoms with Gasteiger partial charge in [-0.2, -0.15) is 0 Å². The van der Waals surface area contributed by atoms with E-state index in [2.05, 4.69) is 35.9 Å². The Kier molecular flexibility index (Phi) is 3.97. The fraction of sp³-hybridized carbons (Fsp3) is 0.143. The second-order valence-corrected chi connectivity index (χ2v) is 5.29. The average Bonchev–Trinajstić information content (AvgIpc) is 2.30. The fourth-order valence-corrected chi connectivity index (χ4v) is 2.44. The van der Waals surface area contributed by atoms with Crippen LogP contribution in [0.1, 0.15) is 11.1 Å². The lowest BCUT2D eigenvalue weighted by Gasteiger charge is -2.08. The van der Waals surface area contributed by atoms with Gasteiger partial charge >= 0.3 is 0 Å². The zero-order valence-electron chi connectivity index (χ0n) is 9.83. The molecule has 0 spiro atoms. The minimum Gasteiger partial charge on any atom is -0.324 e. The lowest BCUT2D eigenvalue weighted by molar-refractivity contribution is 1.38. The molecule has 0 saturated carbocycles. The molecule has 0 amide bonds. The monoisotopic (exact) mass is 263 g/mol. The van der Waals surface area contributed by atoms with Crippen molar-refractivity contribution in [1.29, 1.82) is 0 Å². The predicted octanol–water partition coefficient (Wildman–Crippen LogP) is 5.08. The van der Waals surface area contributed by atoms with Crippen molar-refractivity contribution in [2.75, 3.05) is 4.72 Å². The summed E-state index contributed by atoms with van der Waals surface area (Å²) in [5.74, 6) is 0. The standard InChI is InChI=1S/C14H14ClNS/c1-10-3-6-12(7-4-10)17-16-14-8-5-11(2)9-13(14)15/h3-9,16H,1-2H3. The van der Waals surface area contributed by atoms with Crippen molar-refractivity contribution in [3.05, 3.63) is 58.6 Å². The number of hydrogen-bond donors (Lipinski definition) is 1. The van der Waals surface area contributed by atoms with E-state index in [1.54, 1.807) is 11.9 Å². The van der Waals surface area contributed by atoms with E-state index in [1.165, 1.54) is 16.0 Å². The number of halogens is 1. The Hall–Kier alpha value is -1.12. The Balaban J connectivity index is 2.04. The van der Waals surface area contributed by atoms with Crippen LogP contribution in [0, 0.1) is 13.8 Å². The smallest absolute Gasteiger partial charge is 0.0648 e. The summed E-state index contributed by atoms with van der Waals surface area (Å²) in [4.78, 5) is 1.17. The van der Waals surface area contributed by atoms with Crippen molar-refractivity contribution >= 4 is 29.2 Å². The Bertz CT molecular complexity index is 508. The van der Waals surface area contributed by atoms with E-state index in [4.69, 9.17) is 11.6 Å². The molecule has 0 bridgehead atoms. The molecular formula is C14H14ClNS. The van der Waals surface area contributed by atoms with Gasteiger partial charge < -0.3 is 4.72 Å². The summed E-state index contributed by atoms with van der Waals surface area (Å²) >= 11 is 7.71. The van der Waals surface area contributed by atoms with Crippen LogP contribution in [0.5, 0.6) is 0 Å². The SMILES string of the molecule is Cc1ccc(SNc2ccc(C)cc2Cl)cc1. The zero-order valence-corrected chi connectivity index (χ0v) is 11.4. The number of nitrogens with one attached hydrogen (secondary N) is 1. The highest BCUT2D eigenvalue weighted by molar-refractivity contribution is 8.00. The molecule has 0 fully saturated rings. The molecule has 0 aliphatic carbocycles. The first kappa shape index (κ1) is 12.3. The lowest BCUT2D eigenvalue weighted by Crippen LogP contribution is -1.88. The molecule has 3 heteroatoms. The number of rotatable bonds is 3. The van der Waals surface area contributed by atoms with Gasteiger partial charge in [-0.1, -0.05) is 35.4 Å². The summed E-state index contributed by atoms with van der Waals surface area (Å²) in [5, 5.41) is 0.754. The van der Waals surface area contributed by atoms with Crippen molar-refractivity contribution in [2.45, 2.75) is 18.7 Å². The summed E-state index contributed by atoms with van der Waals surface area (Å²) in [7, 11) is 0. The first-order valence-electron chi connectivity index (χ1n) is 5.41. The predicted molar refractivity (Wildman–Crippen MR) is 76.8 cm³/mol. The van der Waals surface area contributed by atoms with Crippen LogP contribution in [0.15, 0.2) is 47.4 Å². The van der Waals surface area contributed by atoms with Crippen molar-refractivity contribution in [1.82, 2.24) is 0 Å². The maximum Gasteiger partial charge on any atom is 0.0648 e. The molecule has 2 aromatic rings. The molecule has 0 radical (unpaired) electrons. The summed E-state index contributed by atoms with van der Waals surface area (Å²) in [5.41, 5.74) is 3.38. The lowest BCUT2D eigenvalue weighted by atomic mass is 10.2. The first-order chi connectivity index (χ1) is 8.15. The Morgan fingerprint density at radius 2 is 1.59 bits per heavy atom. The highest BCUT2D eigenvalue weighted by Crippen LogP contribution is 2.28. The van der Waals surface area contributed by atoms with Crippen LogP contribution < -0.4 is 4.72 Å². The highest BCUT2D eigenvalue weighted by atomic mass is 35.5. The van der Waals surface area contributed by atoms with Crippen LogP contribution in [0.4, 0.5) is 5.69 Å². The van der Waals surface area contributed by atoms with Gasteiger partial charge in [0.2, 0.25) is 0 Å². The number of aryl methyl sites for hydroxylation is 2. The van der Waals surface area contributed by atoms with Gasteiger partial charge in [-0.15, -0.1) is 0 Å². The molecule has 0 saturated heterocycles. The number of anilines is 1. The van der Waals surface area contributed by atoms with Gasteiger partial charge in [0.15, 0.2) is 0 Å². The minimum atomic E-state index is 0.754. The molecule has 0 aliphatic heterocycles. The van der Waals surface area contributed by atoms with Gasteiger partial charge in [0.25, 0.3) is 0 Å². The molecule has 2 aromatic carbocycles. The van der Waals surface area contributed by atoms with Crippen LogP contribution in [-0.2, 0) is 0 Å². The normalized spacial score (nSPS) is 10.3. The second kappa shape index (κ2) is 5.48. The molecule has 1 nitrogen and oxygen atoms in total. The largest absolute Gasteiger partial charge is 0.324 e. The summed E-state index contributed by atoms with van der Waals surface area (Å²) in [6, 6.07) is 14.4. The Morgan fingerprint density at radius 1 is 0.941 bits per heavy atom. The van der Waals surface area contributed by atoms with Crippen LogP contribution in [-0.4, -0.2) is 0 Å². The molecular weight excluding hydrogens is 250 g/mol. The van der Waals surface area contributed by atoms with E-state index in [0.29, 0.717) is 0 Å². The molecule has 0 heterocycles. The van der Waals surface area contributed by atoms with Crippen LogP contribution in [0.2, 0.25) is 5.02 Å². The Labute approximate surface area is 111 Å². The van der Waals surface area contributed by atoms with Crippen molar-refractivity contribution in [2.24, 2.45) is 0 Å². The summed E-state index contributed by atoms with van der Waals surface area (Å²) in [6.45, 7) is 4.11. The topological polar surface area (TPSA) is 12.0 Å². The third-order valence-corrected chi connectivity index (χ3v) is 3.57. The van der Waals surface area contributed by atoms with Gasteiger partial charge in [0.05, 0.1) is 10.7 Å². The van der Waals surface area contributed by atoms with Gasteiger partial charge in [0, 0.05) is 4.90 Å². The summed E-state index contributed by atoms with van der Waals surface area (Å²) < 4.78 is 3.26. The van der Waals surface area contributed by atoms with Gasteiger partial charge in [-0.25, -0.2) is 0 Å². The average molecular weight is 264 g/mol. The highest BCUT2D eigenvalue weighted by Gasteiger charge is 2.00. The molecule has 2 rings (SSSR count). The minimum absolute atomic E-state index is 0.754. The van der Waals surface area contributed by atoms with E-state index in [1.807, 2.05) is 25.1 Å². The maximum absolute atomic E-state index is 6.15. The molecule has 17 heavy (non-hydrogen) atoms. The van der Waals surface area contributed by atoms with Gasteiger partial charge in [-0.3, -0.25) is 0 Å². The molecule has 0 unspecified atom stereocenters. The van der Waals surface area contributed by atoms with Crippen molar-refractivity contribution in [3.8, 4) is 0 Å². The van der Waals surface area contributed by atoms with Gasteiger partial charge in [-0.05, 0) is 55.6 Å². The van der Waals surface area contributed by atoms with Crippen molar-refractivity contribution in [3.63, 3.8) is 0 Å². The Morgan fingerprint density at radius 3 is 2.24 bits per heavy atom. The maximum atomic E-state index is 6.15. The quantitative estimate of drug-likeness (QED) is 0.776. The zero-order chi connectivity index (χ0) is 12.3. The van der Waals surface area contributed by atoms with E-state index >= 15 is 0 Å².